The lowest BCUT2D eigenvalue weighted by atomic mass is 10.3. The Bertz CT molecular complexity index is 1040. The number of hydrogen-bond donors (Lipinski definition) is 1. The van der Waals surface area contributed by atoms with Crippen LogP contribution < -0.4 is 4.90 Å². The van der Waals surface area contributed by atoms with E-state index in [-0.39, 0.29) is 28.1 Å². The number of carboxylic acid groups (broad SMARTS) is 1. The van der Waals surface area contributed by atoms with Crippen molar-refractivity contribution in [3.63, 3.8) is 0 Å². The molecule has 0 atom stereocenters. The minimum atomic E-state index is -1.02. The second-order valence-corrected chi connectivity index (χ2v) is 8.35. The third-order valence-corrected chi connectivity index (χ3v) is 6.03. The number of carbonyl (C=O) groups excluding carboxylic acids is 2. The number of benzene rings is 1. The van der Waals surface area contributed by atoms with E-state index in [1.807, 2.05) is 0 Å². The second kappa shape index (κ2) is 8.80. The first-order chi connectivity index (χ1) is 13.8. The molecule has 1 aromatic heterocycles. The number of halogens is 1. The quantitative estimate of drug-likeness (QED) is 0.530. The Hall–Kier alpha value is -2.63. The molecule has 1 aliphatic heterocycles. The molecule has 3 rings (SSSR count). The molecule has 1 N–H and O–H groups in total. The van der Waals surface area contributed by atoms with E-state index in [1.165, 1.54) is 36.1 Å². The van der Waals surface area contributed by atoms with E-state index in [0.29, 0.717) is 10.6 Å². The summed E-state index contributed by atoms with van der Waals surface area (Å²) in [4.78, 5) is 42.3. The normalized spacial score (nSPS) is 15.2. The SMILES string of the molecule is CC(=O)N(c1nc(C=C2SC(=S)N(CCC(=O)O)C2=O)cs1)c1ccccc1F. The molecule has 7 nitrogen and oxygen atoms in total. The molecule has 0 aliphatic carbocycles. The minimum Gasteiger partial charge on any atom is -0.481 e. The number of para-hydroxylation sites is 1. The highest BCUT2D eigenvalue weighted by atomic mass is 32.2. The lowest BCUT2D eigenvalue weighted by molar-refractivity contribution is -0.137. The summed E-state index contributed by atoms with van der Waals surface area (Å²) < 4.78 is 14.4. The average molecular weight is 452 g/mol. The molecular formula is C18H14FN3O4S3. The fraction of sp³-hybridized carbons (Fsp3) is 0.167. The number of nitrogens with zero attached hydrogens (tertiary/aromatic N) is 3. The molecule has 11 heteroatoms. The Morgan fingerprint density at radius 1 is 1.38 bits per heavy atom. The standard InChI is InChI=1S/C18H14FN3O4S3/c1-10(23)22(13-5-3-2-4-12(13)19)17-20-11(9-28-17)8-14-16(26)21(18(27)29-14)7-6-15(24)25/h2-5,8-9H,6-7H2,1H3,(H,24,25). The van der Waals surface area contributed by atoms with E-state index in [0.717, 1.165) is 28.0 Å². The summed E-state index contributed by atoms with van der Waals surface area (Å²) in [6.07, 6.45) is 1.30. The maximum absolute atomic E-state index is 14.1. The molecule has 2 heterocycles. The maximum atomic E-state index is 14.1. The fourth-order valence-corrected chi connectivity index (χ4v) is 4.65. The van der Waals surface area contributed by atoms with Gasteiger partial charge in [-0.1, -0.05) is 36.1 Å². The molecule has 1 aliphatic rings. The van der Waals surface area contributed by atoms with Crippen LogP contribution in [0.5, 0.6) is 0 Å². The Kier molecular flexibility index (Phi) is 6.40. The Balaban J connectivity index is 1.85. The molecule has 1 fully saturated rings. The van der Waals surface area contributed by atoms with Crippen LogP contribution in [0.1, 0.15) is 19.0 Å². The molecule has 0 spiro atoms. The summed E-state index contributed by atoms with van der Waals surface area (Å²) in [6, 6.07) is 5.87. The third kappa shape index (κ3) is 4.69. The van der Waals surface area contributed by atoms with Crippen LogP contribution in [0.4, 0.5) is 15.2 Å². The van der Waals surface area contributed by atoms with Gasteiger partial charge in [0.15, 0.2) is 5.13 Å². The number of thiazole rings is 1. The van der Waals surface area contributed by atoms with Gasteiger partial charge in [-0.15, -0.1) is 11.3 Å². The van der Waals surface area contributed by atoms with Gasteiger partial charge in [-0.05, 0) is 18.2 Å². The van der Waals surface area contributed by atoms with Gasteiger partial charge >= 0.3 is 5.97 Å². The Morgan fingerprint density at radius 2 is 2.10 bits per heavy atom. The molecule has 0 bridgehead atoms. The number of aromatic nitrogens is 1. The highest BCUT2D eigenvalue weighted by Gasteiger charge is 2.32. The first-order valence-corrected chi connectivity index (χ1v) is 10.4. The van der Waals surface area contributed by atoms with E-state index in [1.54, 1.807) is 11.4 Å². The van der Waals surface area contributed by atoms with E-state index in [9.17, 15) is 18.8 Å². The summed E-state index contributed by atoms with van der Waals surface area (Å²) in [6.45, 7) is 1.30. The summed E-state index contributed by atoms with van der Waals surface area (Å²) in [5.41, 5.74) is 0.493. The first-order valence-electron chi connectivity index (χ1n) is 8.26. The third-order valence-electron chi connectivity index (χ3n) is 3.81. The monoisotopic (exact) mass is 451 g/mol. The van der Waals surface area contributed by atoms with Gasteiger partial charge in [0.1, 0.15) is 10.1 Å². The number of thioether (sulfide) groups is 1. The van der Waals surface area contributed by atoms with Crippen molar-refractivity contribution in [1.29, 1.82) is 0 Å². The van der Waals surface area contributed by atoms with Crippen LogP contribution in [0.25, 0.3) is 6.08 Å². The Morgan fingerprint density at radius 3 is 2.76 bits per heavy atom. The van der Waals surface area contributed by atoms with Crippen molar-refractivity contribution in [2.24, 2.45) is 0 Å². The van der Waals surface area contributed by atoms with Gasteiger partial charge in [0.2, 0.25) is 5.91 Å². The second-order valence-electron chi connectivity index (χ2n) is 5.84. The van der Waals surface area contributed by atoms with Crippen molar-refractivity contribution in [3.8, 4) is 0 Å². The lowest BCUT2D eigenvalue weighted by Crippen LogP contribution is -2.30. The van der Waals surface area contributed by atoms with Gasteiger partial charge in [-0.25, -0.2) is 9.37 Å². The van der Waals surface area contributed by atoms with E-state index in [2.05, 4.69) is 4.98 Å². The van der Waals surface area contributed by atoms with Crippen LogP contribution >= 0.6 is 35.3 Å². The molecular weight excluding hydrogens is 437 g/mol. The highest BCUT2D eigenvalue weighted by Crippen LogP contribution is 2.35. The predicted molar refractivity (Wildman–Crippen MR) is 113 cm³/mol. The van der Waals surface area contributed by atoms with E-state index >= 15 is 0 Å². The molecule has 0 saturated carbocycles. The number of carbonyl (C=O) groups is 3. The van der Waals surface area contributed by atoms with Crippen LogP contribution in [0.2, 0.25) is 0 Å². The van der Waals surface area contributed by atoms with Crippen molar-refractivity contribution in [1.82, 2.24) is 9.88 Å². The van der Waals surface area contributed by atoms with E-state index in [4.69, 9.17) is 17.3 Å². The molecule has 1 aromatic carbocycles. The summed E-state index contributed by atoms with van der Waals surface area (Å²) in [5.74, 6) is -2.38. The van der Waals surface area contributed by atoms with Crippen LogP contribution in [-0.4, -0.2) is 43.6 Å². The Labute approximate surface area is 178 Å². The van der Waals surface area contributed by atoms with Crippen molar-refractivity contribution in [2.75, 3.05) is 11.4 Å². The fourth-order valence-electron chi connectivity index (χ4n) is 2.52. The van der Waals surface area contributed by atoms with Gasteiger partial charge < -0.3 is 5.11 Å². The van der Waals surface area contributed by atoms with Crippen LogP contribution in [0.3, 0.4) is 0 Å². The molecule has 150 valence electrons. The predicted octanol–water partition coefficient (Wildman–Crippen LogP) is 3.64. The maximum Gasteiger partial charge on any atom is 0.305 e. The zero-order chi connectivity index (χ0) is 21.1. The number of thiocarbonyl (C=S) groups is 1. The van der Waals surface area contributed by atoms with Crippen LogP contribution in [0, 0.1) is 5.82 Å². The van der Waals surface area contributed by atoms with Gasteiger partial charge in [0.05, 0.1) is 22.7 Å². The van der Waals surface area contributed by atoms with Crippen LogP contribution in [-0.2, 0) is 14.4 Å². The van der Waals surface area contributed by atoms with Crippen molar-refractivity contribution < 1.29 is 23.9 Å². The minimum absolute atomic E-state index is 0.00888. The molecule has 1 saturated heterocycles. The van der Waals surface area contributed by atoms with Crippen molar-refractivity contribution in [3.05, 3.63) is 46.1 Å². The molecule has 0 unspecified atom stereocenters. The average Bonchev–Trinajstić information content (AvgIpc) is 3.20. The van der Waals surface area contributed by atoms with Gasteiger partial charge in [0.25, 0.3) is 5.91 Å². The molecule has 2 aromatic rings. The largest absolute Gasteiger partial charge is 0.481 e. The number of rotatable bonds is 6. The van der Waals surface area contributed by atoms with Crippen molar-refractivity contribution >= 4 is 74.3 Å². The zero-order valence-electron chi connectivity index (χ0n) is 15.0. The molecule has 0 radical (unpaired) electrons. The number of anilines is 2. The van der Waals surface area contributed by atoms with Crippen LogP contribution in [0.15, 0.2) is 34.6 Å². The zero-order valence-corrected chi connectivity index (χ0v) is 17.4. The summed E-state index contributed by atoms with van der Waals surface area (Å²) >= 11 is 7.32. The smallest absolute Gasteiger partial charge is 0.305 e. The number of hydrogen-bond acceptors (Lipinski definition) is 7. The topological polar surface area (TPSA) is 90.8 Å². The first kappa shape index (κ1) is 21.1. The summed E-state index contributed by atoms with van der Waals surface area (Å²) in [7, 11) is 0. The number of amides is 2. The number of aliphatic carboxylic acids is 1. The number of carboxylic acids is 1. The van der Waals surface area contributed by atoms with Gasteiger partial charge in [0, 0.05) is 18.8 Å². The summed E-state index contributed by atoms with van der Waals surface area (Å²) in [5, 5.41) is 10.7. The highest BCUT2D eigenvalue weighted by molar-refractivity contribution is 8.26. The molecule has 29 heavy (non-hydrogen) atoms. The molecule has 2 amide bonds. The van der Waals surface area contributed by atoms with Gasteiger partial charge in [-0.2, -0.15) is 0 Å². The lowest BCUT2D eigenvalue weighted by Gasteiger charge is -2.18. The van der Waals surface area contributed by atoms with Crippen molar-refractivity contribution in [2.45, 2.75) is 13.3 Å². The van der Waals surface area contributed by atoms with E-state index < -0.39 is 23.6 Å². The van der Waals surface area contributed by atoms with Gasteiger partial charge in [-0.3, -0.25) is 24.2 Å².